The number of rotatable bonds is 3. The van der Waals surface area contributed by atoms with Crippen molar-refractivity contribution >= 4 is 5.91 Å². The Hall–Kier alpha value is -1.62. The molecule has 1 amide bonds. The largest absolute Gasteiger partial charge is 0.480 e. The Morgan fingerprint density at radius 2 is 2.35 bits per heavy atom. The number of hydrogen-bond acceptors (Lipinski definition) is 4. The van der Waals surface area contributed by atoms with Crippen molar-refractivity contribution < 1.29 is 9.53 Å². The molecule has 0 saturated carbocycles. The van der Waals surface area contributed by atoms with E-state index in [0.717, 1.165) is 25.9 Å². The van der Waals surface area contributed by atoms with Crippen LogP contribution in [0.15, 0.2) is 18.3 Å². The van der Waals surface area contributed by atoms with E-state index in [-0.39, 0.29) is 5.91 Å². The first-order valence-electron chi connectivity index (χ1n) is 7.34. The molecule has 108 valence electrons. The molecule has 1 N–H and O–H groups in total. The summed E-state index contributed by atoms with van der Waals surface area (Å²) in [5.74, 6) is 0.466. The number of aromatic nitrogens is 1. The summed E-state index contributed by atoms with van der Waals surface area (Å²) in [6.45, 7) is 1.90. The van der Waals surface area contributed by atoms with Crippen LogP contribution in [0.4, 0.5) is 0 Å². The summed E-state index contributed by atoms with van der Waals surface area (Å²) in [6, 6.07) is 4.35. The van der Waals surface area contributed by atoms with E-state index in [1.54, 1.807) is 25.4 Å². The monoisotopic (exact) mass is 275 g/mol. The highest BCUT2D eigenvalue weighted by Gasteiger charge is 2.37. The summed E-state index contributed by atoms with van der Waals surface area (Å²) in [7, 11) is 1.55. The lowest BCUT2D eigenvalue weighted by Crippen LogP contribution is -2.46. The molecule has 5 heteroatoms. The van der Waals surface area contributed by atoms with Gasteiger partial charge in [-0.05, 0) is 44.4 Å². The first-order valence-corrected chi connectivity index (χ1v) is 7.34. The Morgan fingerprint density at radius 3 is 3.10 bits per heavy atom. The van der Waals surface area contributed by atoms with E-state index in [2.05, 4.69) is 10.3 Å². The van der Waals surface area contributed by atoms with Gasteiger partial charge in [0.25, 0.3) is 5.91 Å². The number of likely N-dealkylation sites (tertiary alicyclic amines) is 1. The maximum atomic E-state index is 12.8. The number of methoxy groups -OCH3 is 1. The van der Waals surface area contributed by atoms with Gasteiger partial charge in [0.1, 0.15) is 5.56 Å². The number of nitrogens with zero attached hydrogens (tertiary/aromatic N) is 2. The SMILES string of the molecule is COc1ncccc1C(=O)N1CCCC1C1CCCN1. The highest BCUT2D eigenvalue weighted by molar-refractivity contribution is 5.96. The molecule has 2 atom stereocenters. The Balaban J connectivity index is 1.81. The van der Waals surface area contributed by atoms with Crippen LogP contribution in [-0.2, 0) is 0 Å². The van der Waals surface area contributed by atoms with Crippen LogP contribution in [-0.4, -0.2) is 48.1 Å². The molecular weight excluding hydrogens is 254 g/mol. The van der Waals surface area contributed by atoms with Crippen LogP contribution in [0.3, 0.4) is 0 Å². The van der Waals surface area contributed by atoms with Crippen LogP contribution >= 0.6 is 0 Å². The van der Waals surface area contributed by atoms with Crippen LogP contribution in [0.25, 0.3) is 0 Å². The van der Waals surface area contributed by atoms with Gasteiger partial charge in [-0.25, -0.2) is 4.98 Å². The lowest BCUT2D eigenvalue weighted by molar-refractivity contribution is 0.0707. The van der Waals surface area contributed by atoms with Crippen molar-refractivity contribution in [2.24, 2.45) is 0 Å². The van der Waals surface area contributed by atoms with Gasteiger partial charge in [0.05, 0.1) is 7.11 Å². The highest BCUT2D eigenvalue weighted by atomic mass is 16.5. The van der Waals surface area contributed by atoms with Crippen LogP contribution < -0.4 is 10.1 Å². The Labute approximate surface area is 119 Å². The summed E-state index contributed by atoms with van der Waals surface area (Å²) in [6.07, 6.45) is 6.19. The van der Waals surface area contributed by atoms with Gasteiger partial charge in [-0.3, -0.25) is 4.79 Å². The Kier molecular flexibility index (Phi) is 3.87. The molecule has 2 aliphatic heterocycles. The molecular formula is C15H21N3O2. The van der Waals surface area contributed by atoms with Crippen LogP contribution in [0.5, 0.6) is 5.88 Å². The van der Waals surface area contributed by atoms with Crippen molar-refractivity contribution in [1.82, 2.24) is 15.2 Å². The third-order valence-corrected chi connectivity index (χ3v) is 4.32. The van der Waals surface area contributed by atoms with E-state index < -0.39 is 0 Å². The van der Waals surface area contributed by atoms with Gasteiger partial charge in [-0.15, -0.1) is 0 Å². The zero-order valence-electron chi connectivity index (χ0n) is 11.8. The van der Waals surface area contributed by atoms with Crippen molar-refractivity contribution in [1.29, 1.82) is 0 Å². The minimum Gasteiger partial charge on any atom is -0.480 e. The fourth-order valence-corrected chi connectivity index (χ4v) is 3.37. The van der Waals surface area contributed by atoms with Gasteiger partial charge in [-0.1, -0.05) is 0 Å². The highest BCUT2D eigenvalue weighted by Crippen LogP contribution is 2.28. The van der Waals surface area contributed by atoms with Crippen LogP contribution in [0.1, 0.15) is 36.0 Å². The fraction of sp³-hybridized carbons (Fsp3) is 0.600. The summed E-state index contributed by atoms with van der Waals surface area (Å²) < 4.78 is 5.21. The molecule has 0 aliphatic carbocycles. The Bertz CT molecular complexity index is 486. The number of nitrogens with one attached hydrogen (secondary N) is 1. The summed E-state index contributed by atoms with van der Waals surface area (Å²) in [5.41, 5.74) is 0.569. The maximum Gasteiger partial charge on any atom is 0.259 e. The van der Waals surface area contributed by atoms with Crippen LogP contribution in [0.2, 0.25) is 0 Å². The molecule has 0 bridgehead atoms. The first-order chi connectivity index (χ1) is 9.81. The molecule has 1 aromatic rings. The van der Waals surface area contributed by atoms with Gasteiger partial charge >= 0.3 is 0 Å². The Morgan fingerprint density at radius 1 is 1.45 bits per heavy atom. The van der Waals surface area contributed by atoms with Crippen LogP contribution in [0, 0.1) is 0 Å². The molecule has 3 rings (SSSR count). The van der Waals surface area contributed by atoms with Gasteiger partial charge in [0, 0.05) is 24.8 Å². The predicted octanol–water partition coefficient (Wildman–Crippen LogP) is 1.45. The van der Waals surface area contributed by atoms with Crippen molar-refractivity contribution in [3.8, 4) is 5.88 Å². The van der Waals surface area contributed by atoms with Gasteiger partial charge in [0.2, 0.25) is 5.88 Å². The molecule has 2 fully saturated rings. The second kappa shape index (κ2) is 5.79. The van der Waals surface area contributed by atoms with Crippen molar-refractivity contribution in [3.63, 3.8) is 0 Å². The van der Waals surface area contributed by atoms with Gasteiger partial charge < -0.3 is 15.0 Å². The topological polar surface area (TPSA) is 54.5 Å². The number of hydrogen-bond donors (Lipinski definition) is 1. The molecule has 2 unspecified atom stereocenters. The predicted molar refractivity (Wildman–Crippen MR) is 75.9 cm³/mol. The lowest BCUT2D eigenvalue weighted by Gasteiger charge is -2.29. The van der Waals surface area contributed by atoms with E-state index in [0.29, 0.717) is 23.5 Å². The zero-order valence-corrected chi connectivity index (χ0v) is 11.8. The van der Waals surface area contributed by atoms with Crippen molar-refractivity contribution in [2.75, 3.05) is 20.2 Å². The number of carbonyl (C=O) groups is 1. The van der Waals surface area contributed by atoms with E-state index in [9.17, 15) is 4.79 Å². The second-order valence-corrected chi connectivity index (χ2v) is 5.47. The number of ether oxygens (including phenoxy) is 1. The lowest BCUT2D eigenvalue weighted by atomic mass is 10.0. The van der Waals surface area contributed by atoms with E-state index in [1.165, 1.54) is 12.8 Å². The normalized spacial score (nSPS) is 25.9. The fourth-order valence-electron chi connectivity index (χ4n) is 3.37. The molecule has 0 aromatic carbocycles. The molecule has 2 aliphatic rings. The second-order valence-electron chi connectivity index (χ2n) is 5.47. The van der Waals surface area contributed by atoms with Gasteiger partial charge in [-0.2, -0.15) is 0 Å². The number of carbonyl (C=O) groups excluding carboxylic acids is 1. The summed E-state index contributed by atoms with van der Waals surface area (Å²) in [4.78, 5) is 18.9. The number of pyridine rings is 1. The summed E-state index contributed by atoms with van der Waals surface area (Å²) in [5, 5.41) is 3.52. The smallest absolute Gasteiger partial charge is 0.259 e. The summed E-state index contributed by atoms with van der Waals surface area (Å²) >= 11 is 0. The average molecular weight is 275 g/mol. The van der Waals surface area contributed by atoms with E-state index >= 15 is 0 Å². The quantitative estimate of drug-likeness (QED) is 0.907. The molecule has 0 radical (unpaired) electrons. The minimum absolute atomic E-state index is 0.0474. The first kappa shape index (κ1) is 13.4. The van der Waals surface area contributed by atoms with Gasteiger partial charge in [0.15, 0.2) is 0 Å². The average Bonchev–Trinajstić information content (AvgIpc) is 3.16. The minimum atomic E-state index is 0.0474. The number of amides is 1. The third-order valence-electron chi connectivity index (χ3n) is 4.32. The standard InChI is InChI=1S/C15H21N3O2/c1-20-14-11(5-2-9-17-14)15(19)18-10-4-7-13(18)12-6-3-8-16-12/h2,5,9,12-13,16H,3-4,6-8,10H2,1H3. The molecule has 5 nitrogen and oxygen atoms in total. The molecule has 20 heavy (non-hydrogen) atoms. The third kappa shape index (κ3) is 2.38. The van der Waals surface area contributed by atoms with Crippen molar-refractivity contribution in [2.45, 2.75) is 37.8 Å². The zero-order chi connectivity index (χ0) is 13.9. The van der Waals surface area contributed by atoms with E-state index in [4.69, 9.17) is 4.74 Å². The molecule has 1 aromatic heterocycles. The molecule has 0 spiro atoms. The van der Waals surface area contributed by atoms with E-state index in [1.807, 2.05) is 4.90 Å². The molecule has 3 heterocycles. The molecule has 2 saturated heterocycles. The maximum absolute atomic E-state index is 12.8. The van der Waals surface area contributed by atoms with Crippen molar-refractivity contribution in [3.05, 3.63) is 23.9 Å².